The van der Waals surface area contributed by atoms with Crippen molar-refractivity contribution in [2.24, 2.45) is 0 Å². The van der Waals surface area contributed by atoms with Gasteiger partial charge in [0.1, 0.15) is 6.17 Å². The Morgan fingerprint density at radius 2 is 2.56 bits per heavy atom. The second-order valence-corrected chi connectivity index (χ2v) is 2.90. The lowest BCUT2D eigenvalue weighted by atomic mass is 10.0. The highest BCUT2D eigenvalue weighted by Crippen LogP contribution is 2.19. The summed E-state index contributed by atoms with van der Waals surface area (Å²) in [4.78, 5) is 0. The van der Waals surface area contributed by atoms with Crippen LogP contribution in [0.15, 0.2) is 0 Å². The Bertz CT molecular complexity index is 109. The Morgan fingerprint density at radius 1 is 1.89 bits per heavy atom. The normalized spacial score (nSPS) is 43.7. The molecule has 1 rings (SSSR count). The van der Waals surface area contributed by atoms with Crippen LogP contribution >= 0.6 is 0 Å². The maximum atomic E-state index is 12.4. The lowest BCUT2D eigenvalue weighted by molar-refractivity contribution is 0.185. The van der Waals surface area contributed by atoms with Crippen LogP contribution in [0.25, 0.3) is 0 Å². The van der Waals surface area contributed by atoms with E-state index in [1.165, 1.54) is 0 Å². The summed E-state index contributed by atoms with van der Waals surface area (Å²) in [6.45, 7) is 2.23. The molecule has 1 fully saturated rings. The zero-order valence-electron chi connectivity index (χ0n) is 5.52. The molecule has 3 heteroatoms. The van der Waals surface area contributed by atoms with Crippen molar-refractivity contribution in [3.63, 3.8) is 0 Å². The zero-order valence-corrected chi connectivity index (χ0v) is 5.52. The SMILES string of the molecule is CC1(CO)C[C@@H](F)CN1. The van der Waals surface area contributed by atoms with Gasteiger partial charge in [-0.15, -0.1) is 0 Å². The van der Waals surface area contributed by atoms with Crippen LogP contribution < -0.4 is 5.32 Å². The Kier molecular flexibility index (Phi) is 1.73. The zero-order chi connectivity index (χ0) is 6.91. The molecule has 0 aromatic heterocycles. The average Bonchev–Trinajstić information content (AvgIpc) is 2.13. The number of hydrogen-bond acceptors (Lipinski definition) is 2. The second-order valence-electron chi connectivity index (χ2n) is 2.90. The molecular formula is C6H12FNO. The first-order valence-electron chi connectivity index (χ1n) is 3.16. The fourth-order valence-corrected chi connectivity index (χ4v) is 1.11. The Balaban J connectivity index is 2.45. The molecule has 9 heavy (non-hydrogen) atoms. The summed E-state index contributed by atoms with van der Waals surface area (Å²) in [5.41, 5.74) is -0.362. The molecule has 1 unspecified atom stereocenters. The fraction of sp³-hybridized carbons (Fsp3) is 1.00. The van der Waals surface area contributed by atoms with Gasteiger partial charge in [-0.25, -0.2) is 4.39 Å². The minimum Gasteiger partial charge on any atom is -0.394 e. The van der Waals surface area contributed by atoms with E-state index in [0.717, 1.165) is 0 Å². The Labute approximate surface area is 54.1 Å². The third kappa shape index (κ3) is 1.40. The van der Waals surface area contributed by atoms with Crippen LogP contribution in [0, 0.1) is 0 Å². The topological polar surface area (TPSA) is 32.3 Å². The van der Waals surface area contributed by atoms with E-state index < -0.39 is 6.17 Å². The van der Waals surface area contributed by atoms with Crippen molar-refractivity contribution in [3.05, 3.63) is 0 Å². The highest BCUT2D eigenvalue weighted by Gasteiger charge is 2.33. The van der Waals surface area contributed by atoms with Crippen molar-refractivity contribution < 1.29 is 9.50 Å². The molecule has 54 valence electrons. The minimum atomic E-state index is -0.776. The molecule has 2 N–H and O–H groups in total. The molecule has 2 atom stereocenters. The molecule has 0 saturated carbocycles. The predicted molar refractivity (Wildman–Crippen MR) is 33.0 cm³/mol. The van der Waals surface area contributed by atoms with Crippen LogP contribution in [0.4, 0.5) is 4.39 Å². The summed E-state index contributed by atoms with van der Waals surface area (Å²) < 4.78 is 12.4. The highest BCUT2D eigenvalue weighted by molar-refractivity contribution is 4.92. The van der Waals surface area contributed by atoms with Crippen molar-refractivity contribution in [2.75, 3.05) is 13.2 Å². The van der Waals surface area contributed by atoms with Gasteiger partial charge in [0.05, 0.1) is 6.61 Å². The number of aliphatic hydroxyl groups is 1. The first kappa shape index (κ1) is 6.96. The molecule has 0 amide bonds. The lowest BCUT2D eigenvalue weighted by Gasteiger charge is -2.19. The van der Waals surface area contributed by atoms with Gasteiger partial charge in [0, 0.05) is 12.1 Å². The van der Waals surface area contributed by atoms with Crippen LogP contribution in [0.3, 0.4) is 0 Å². The Hall–Kier alpha value is -0.150. The van der Waals surface area contributed by atoms with Crippen molar-refractivity contribution in [3.8, 4) is 0 Å². The summed E-state index contributed by atoms with van der Waals surface area (Å²) in [5, 5.41) is 11.6. The second kappa shape index (κ2) is 2.23. The van der Waals surface area contributed by atoms with Gasteiger partial charge < -0.3 is 10.4 Å². The highest BCUT2D eigenvalue weighted by atomic mass is 19.1. The van der Waals surface area contributed by atoms with E-state index in [9.17, 15) is 4.39 Å². The van der Waals surface area contributed by atoms with E-state index in [-0.39, 0.29) is 12.1 Å². The number of nitrogens with one attached hydrogen (secondary N) is 1. The predicted octanol–water partition coefficient (Wildman–Crippen LogP) is 0.0688. The number of halogens is 1. The summed E-state index contributed by atoms with van der Waals surface area (Å²) in [7, 11) is 0. The third-order valence-electron chi connectivity index (χ3n) is 1.77. The smallest absolute Gasteiger partial charge is 0.114 e. The Morgan fingerprint density at radius 3 is 2.78 bits per heavy atom. The molecule has 0 spiro atoms. The van der Waals surface area contributed by atoms with E-state index in [1.54, 1.807) is 0 Å². The monoisotopic (exact) mass is 133 g/mol. The summed E-state index contributed by atoms with van der Waals surface area (Å²) in [5.74, 6) is 0. The van der Waals surface area contributed by atoms with Crippen LogP contribution in [0.1, 0.15) is 13.3 Å². The number of aliphatic hydroxyl groups excluding tert-OH is 1. The van der Waals surface area contributed by atoms with E-state index in [4.69, 9.17) is 5.11 Å². The third-order valence-corrected chi connectivity index (χ3v) is 1.77. The number of alkyl halides is 1. The average molecular weight is 133 g/mol. The van der Waals surface area contributed by atoms with E-state index >= 15 is 0 Å². The van der Waals surface area contributed by atoms with Crippen molar-refractivity contribution in [1.82, 2.24) is 5.32 Å². The maximum absolute atomic E-state index is 12.4. The van der Waals surface area contributed by atoms with Gasteiger partial charge in [-0.2, -0.15) is 0 Å². The van der Waals surface area contributed by atoms with Gasteiger partial charge in [-0.05, 0) is 13.3 Å². The van der Waals surface area contributed by atoms with Crippen molar-refractivity contribution >= 4 is 0 Å². The standard InChI is InChI=1S/C6H12FNO/c1-6(4-9)2-5(7)3-8-6/h5,8-9H,2-4H2,1H3/t5-,6?/m1/s1. The van der Waals surface area contributed by atoms with Gasteiger partial charge in [0.25, 0.3) is 0 Å². The largest absolute Gasteiger partial charge is 0.394 e. The molecular weight excluding hydrogens is 121 g/mol. The maximum Gasteiger partial charge on any atom is 0.114 e. The van der Waals surface area contributed by atoms with Crippen molar-refractivity contribution in [2.45, 2.75) is 25.1 Å². The first-order valence-corrected chi connectivity index (χ1v) is 3.16. The van der Waals surface area contributed by atoms with Gasteiger partial charge in [-0.3, -0.25) is 0 Å². The fourth-order valence-electron chi connectivity index (χ4n) is 1.11. The number of hydrogen-bond donors (Lipinski definition) is 2. The molecule has 0 radical (unpaired) electrons. The lowest BCUT2D eigenvalue weighted by Crippen LogP contribution is -2.39. The molecule has 1 saturated heterocycles. The van der Waals surface area contributed by atoms with Crippen LogP contribution in [0.5, 0.6) is 0 Å². The summed E-state index contributed by atoms with van der Waals surface area (Å²) in [6, 6.07) is 0. The van der Waals surface area contributed by atoms with Gasteiger partial charge >= 0.3 is 0 Å². The van der Waals surface area contributed by atoms with E-state index in [0.29, 0.717) is 13.0 Å². The molecule has 0 aromatic carbocycles. The molecule has 1 heterocycles. The quantitative estimate of drug-likeness (QED) is 0.530. The minimum absolute atomic E-state index is 0.0212. The summed E-state index contributed by atoms with van der Waals surface area (Å²) >= 11 is 0. The van der Waals surface area contributed by atoms with E-state index in [2.05, 4.69) is 5.32 Å². The molecule has 2 nitrogen and oxygen atoms in total. The van der Waals surface area contributed by atoms with Crippen LogP contribution in [-0.4, -0.2) is 30.0 Å². The van der Waals surface area contributed by atoms with Gasteiger partial charge in [-0.1, -0.05) is 0 Å². The molecule has 1 aliphatic heterocycles. The summed E-state index contributed by atoms with van der Waals surface area (Å²) in [6.07, 6.45) is -0.342. The molecule has 0 aliphatic carbocycles. The van der Waals surface area contributed by atoms with Crippen LogP contribution in [0.2, 0.25) is 0 Å². The van der Waals surface area contributed by atoms with Crippen molar-refractivity contribution in [1.29, 1.82) is 0 Å². The molecule has 0 bridgehead atoms. The van der Waals surface area contributed by atoms with Crippen LogP contribution in [-0.2, 0) is 0 Å². The molecule has 0 aromatic rings. The van der Waals surface area contributed by atoms with E-state index in [1.807, 2.05) is 6.92 Å². The first-order chi connectivity index (χ1) is 4.16. The number of rotatable bonds is 1. The molecule has 1 aliphatic rings. The van der Waals surface area contributed by atoms with Gasteiger partial charge in [0.15, 0.2) is 0 Å². The van der Waals surface area contributed by atoms with Gasteiger partial charge in [0.2, 0.25) is 0 Å².